The van der Waals surface area contributed by atoms with Crippen molar-refractivity contribution < 1.29 is 13.9 Å². The van der Waals surface area contributed by atoms with Crippen molar-refractivity contribution >= 4 is 28.0 Å². The molecule has 1 aliphatic carbocycles. The molecule has 3 aromatic heterocycles. The molecular formula is C22H29N5O3. The van der Waals surface area contributed by atoms with Gasteiger partial charge in [-0.2, -0.15) is 4.98 Å². The van der Waals surface area contributed by atoms with Crippen LogP contribution in [0.15, 0.2) is 10.7 Å². The zero-order valence-corrected chi connectivity index (χ0v) is 18.0. The summed E-state index contributed by atoms with van der Waals surface area (Å²) in [6.07, 6.45) is 4.63. The summed E-state index contributed by atoms with van der Waals surface area (Å²) in [6, 6.07) is 0. The van der Waals surface area contributed by atoms with Gasteiger partial charge in [-0.05, 0) is 30.2 Å². The number of pyridine rings is 1. The van der Waals surface area contributed by atoms with E-state index in [1.54, 1.807) is 13.4 Å². The van der Waals surface area contributed by atoms with E-state index in [2.05, 4.69) is 39.0 Å². The first kappa shape index (κ1) is 19.5. The minimum atomic E-state index is 0.224. The van der Waals surface area contributed by atoms with Crippen molar-refractivity contribution in [2.24, 2.45) is 5.41 Å². The van der Waals surface area contributed by atoms with E-state index in [0.29, 0.717) is 23.0 Å². The molecule has 1 fully saturated rings. The lowest BCUT2D eigenvalue weighted by Crippen LogP contribution is -2.39. The summed E-state index contributed by atoms with van der Waals surface area (Å²) in [6.45, 7) is 9.88. The van der Waals surface area contributed by atoms with Crippen LogP contribution in [0.2, 0.25) is 0 Å². The monoisotopic (exact) mass is 411 g/mol. The first-order valence-electron chi connectivity index (χ1n) is 10.7. The van der Waals surface area contributed by atoms with Crippen LogP contribution in [0.3, 0.4) is 0 Å². The van der Waals surface area contributed by atoms with Crippen molar-refractivity contribution in [3.63, 3.8) is 0 Å². The Bertz CT molecular complexity index is 1070. The number of methoxy groups -OCH3 is 1. The van der Waals surface area contributed by atoms with Gasteiger partial charge in [0.1, 0.15) is 11.8 Å². The Balaban J connectivity index is 1.52. The minimum Gasteiger partial charge on any atom is -0.481 e. The summed E-state index contributed by atoms with van der Waals surface area (Å²) in [5.41, 5.74) is 4.74. The zero-order valence-electron chi connectivity index (χ0n) is 18.0. The number of nitrogens with one attached hydrogen (secondary N) is 1. The fourth-order valence-corrected chi connectivity index (χ4v) is 4.62. The molecule has 2 aliphatic rings. The third kappa shape index (κ3) is 3.48. The van der Waals surface area contributed by atoms with Crippen LogP contribution >= 0.6 is 0 Å². The summed E-state index contributed by atoms with van der Waals surface area (Å²) in [7, 11) is 1.68. The van der Waals surface area contributed by atoms with Crippen molar-refractivity contribution in [3.05, 3.63) is 17.5 Å². The molecule has 160 valence electrons. The van der Waals surface area contributed by atoms with Crippen LogP contribution in [0.1, 0.15) is 31.4 Å². The molecule has 0 aromatic carbocycles. The predicted molar refractivity (Wildman–Crippen MR) is 115 cm³/mol. The van der Waals surface area contributed by atoms with E-state index in [1.807, 2.05) is 0 Å². The lowest BCUT2D eigenvalue weighted by molar-refractivity contribution is 0.0398. The maximum atomic E-state index is 6.19. The summed E-state index contributed by atoms with van der Waals surface area (Å²) in [4.78, 5) is 16.1. The number of nitrogens with zero attached hydrogens (tertiary/aromatic N) is 4. The lowest BCUT2D eigenvalue weighted by Gasteiger charge is -2.31. The normalized spacial score (nSPS) is 19.2. The van der Waals surface area contributed by atoms with Gasteiger partial charge in [-0.3, -0.25) is 4.90 Å². The van der Waals surface area contributed by atoms with Gasteiger partial charge < -0.3 is 19.2 Å². The number of aromatic nitrogens is 3. The van der Waals surface area contributed by atoms with Crippen molar-refractivity contribution in [2.75, 3.05) is 51.8 Å². The maximum absolute atomic E-state index is 6.19. The van der Waals surface area contributed by atoms with Gasteiger partial charge in [0.25, 0.3) is 0 Å². The number of fused-ring (bicyclic) bond motifs is 5. The molecule has 8 nitrogen and oxygen atoms in total. The second-order valence-electron chi connectivity index (χ2n) is 8.98. The highest BCUT2D eigenvalue weighted by molar-refractivity contribution is 6.06. The first-order valence-corrected chi connectivity index (χ1v) is 10.7. The van der Waals surface area contributed by atoms with Crippen LogP contribution < -0.4 is 10.1 Å². The van der Waals surface area contributed by atoms with Gasteiger partial charge in [-0.25, -0.2) is 9.97 Å². The average molecular weight is 412 g/mol. The van der Waals surface area contributed by atoms with Crippen LogP contribution in [0, 0.1) is 5.41 Å². The molecule has 0 atom stereocenters. The van der Waals surface area contributed by atoms with Crippen molar-refractivity contribution in [1.82, 2.24) is 19.9 Å². The highest BCUT2D eigenvalue weighted by Gasteiger charge is 2.32. The molecule has 3 aromatic rings. The quantitative estimate of drug-likeness (QED) is 0.686. The second kappa shape index (κ2) is 7.67. The minimum absolute atomic E-state index is 0.224. The topological polar surface area (TPSA) is 85.5 Å². The Morgan fingerprint density at radius 3 is 2.83 bits per heavy atom. The molecule has 0 saturated carbocycles. The zero-order chi connectivity index (χ0) is 20.7. The molecule has 1 N–H and O–H groups in total. The van der Waals surface area contributed by atoms with Gasteiger partial charge in [-0.1, -0.05) is 13.8 Å². The molecule has 0 unspecified atom stereocenters. The number of hydrogen-bond donors (Lipinski definition) is 1. The summed E-state index contributed by atoms with van der Waals surface area (Å²) < 4.78 is 17.2. The number of rotatable bonds is 5. The van der Waals surface area contributed by atoms with Crippen molar-refractivity contribution in [3.8, 4) is 5.88 Å². The third-order valence-corrected chi connectivity index (χ3v) is 6.31. The molecule has 0 amide bonds. The molecule has 0 bridgehead atoms. The third-order valence-electron chi connectivity index (χ3n) is 6.31. The van der Waals surface area contributed by atoms with Gasteiger partial charge in [-0.15, -0.1) is 0 Å². The average Bonchev–Trinajstić information content (AvgIpc) is 3.13. The Morgan fingerprint density at radius 1 is 1.20 bits per heavy atom. The fourth-order valence-electron chi connectivity index (χ4n) is 4.62. The summed E-state index contributed by atoms with van der Waals surface area (Å²) in [5, 5.41) is 4.44. The molecule has 1 saturated heterocycles. The second-order valence-corrected chi connectivity index (χ2v) is 8.98. The predicted octanol–water partition coefficient (Wildman–Crippen LogP) is 3.04. The summed E-state index contributed by atoms with van der Waals surface area (Å²) >= 11 is 0. The number of ether oxygens (including phenoxy) is 2. The van der Waals surface area contributed by atoms with Crippen LogP contribution in [-0.4, -0.2) is 66.4 Å². The van der Waals surface area contributed by atoms with E-state index in [4.69, 9.17) is 13.9 Å². The SMILES string of the molecule is COc1nc2oc3c(NCCN4CCOCC4)ncnc3c2c2c1CCC(C)(C)C2. The van der Waals surface area contributed by atoms with Crippen molar-refractivity contribution in [1.29, 1.82) is 0 Å². The fraction of sp³-hybridized carbons (Fsp3) is 0.591. The molecule has 4 heterocycles. The highest BCUT2D eigenvalue weighted by Crippen LogP contribution is 2.44. The number of furan rings is 1. The van der Waals surface area contributed by atoms with Crippen LogP contribution in [0.25, 0.3) is 22.2 Å². The molecule has 1 aliphatic heterocycles. The van der Waals surface area contributed by atoms with E-state index in [-0.39, 0.29) is 5.41 Å². The molecule has 5 rings (SSSR count). The van der Waals surface area contributed by atoms with Crippen LogP contribution in [0.4, 0.5) is 5.82 Å². The Hall–Kier alpha value is -2.45. The van der Waals surface area contributed by atoms with Crippen LogP contribution in [-0.2, 0) is 17.6 Å². The summed E-state index contributed by atoms with van der Waals surface area (Å²) in [5.74, 6) is 1.39. The highest BCUT2D eigenvalue weighted by atomic mass is 16.5. The molecule has 0 radical (unpaired) electrons. The smallest absolute Gasteiger partial charge is 0.232 e. The van der Waals surface area contributed by atoms with E-state index >= 15 is 0 Å². The lowest BCUT2D eigenvalue weighted by atomic mass is 9.74. The maximum Gasteiger partial charge on any atom is 0.232 e. The van der Waals surface area contributed by atoms with E-state index in [1.165, 1.54) is 11.1 Å². The van der Waals surface area contributed by atoms with Crippen LogP contribution in [0.5, 0.6) is 5.88 Å². The van der Waals surface area contributed by atoms with E-state index < -0.39 is 0 Å². The Labute approximate surface area is 176 Å². The largest absolute Gasteiger partial charge is 0.481 e. The standard InChI is InChI=1S/C22H29N5O3/c1-22(2)5-4-14-15(12-22)16-17-18(30-21(16)26-20(14)28-3)19(25-13-24-17)23-6-7-27-8-10-29-11-9-27/h13H,4-12H2,1-3H3,(H,23,24,25). The molecular weight excluding hydrogens is 382 g/mol. The van der Waals surface area contributed by atoms with Gasteiger partial charge in [0.15, 0.2) is 11.4 Å². The van der Waals surface area contributed by atoms with E-state index in [0.717, 1.165) is 69.6 Å². The number of morpholine rings is 1. The Kier molecular flexibility index (Phi) is 4.99. The van der Waals surface area contributed by atoms with Gasteiger partial charge >= 0.3 is 0 Å². The first-order chi connectivity index (χ1) is 14.6. The van der Waals surface area contributed by atoms with E-state index in [9.17, 15) is 0 Å². The number of anilines is 1. The van der Waals surface area contributed by atoms with Gasteiger partial charge in [0.2, 0.25) is 11.6 Å². The molecule has 0 spiro atoms. The van der Waals surface area contributed by atoms with Gasteiger partial charge in [0, 0.05) is 31.7 Å². The molecule has 8 heteroatoms. The Morgan fingerprint density at radius 2 is 2.03 bits per heavy atom. The van der Waals surface area contributed by atoms with Crippen molar-refractivity contribution in [2.45, 2.75) is 33.1 Å². The van der Waals surface area contributed by atoms with Gasteiger partial charge in [0.05, 0.1) is 25.7 Å². The number of hydrogen-bond acceptors (Lipinski definition) is 8. The molecule has 30 heavy (non-hydrogen) atoms.